The van der Waals surface area contributed by atoms with Gasteiger partial charge in [-0.05, 0) is 97.4 Å². The maximum Gasteiger partial charge on any atom is 0.416 e. The minimum atomic E-state index is -4.40. The largest absolute Gasteiger partial charge is 0.478 e. The molecule has 1 N–H and O–H groups in total. The lowest BCUT2D eigenvalue weighted by atomic mass is 9.73. The molecule has 2 heterocycles. The van der Waals surface area contributed by atoms with Gasteiger partial charge in [-0.25, -0.2) is 4.79 Å². The Bertz CT molecular complexity index is 1280. The molecule has 4 atom stereocenters. The molecule has 0 bridgehead atoms. The van der Waals surface area contributed by atoms with E-state index in [1.54, 1.807) is 23.1 Å². The Morgan fingerprint density at radius 2 is 1.82 bits per heavy atom. The van der Waals surface area contributed by atoms with E-state index in [1.165, 1.54) is 6.07 Å². The second kappa shape index (κ2) is 10.8. The number of piperidine rings is 1. The third kappa shape index (κ3) is 5.39. The second-order valence-corrected chi connectivity index (χ2v) is 12.5. The standard InChI is InChI=1S/C32H39F3N2O3/c1-20(2)31(30(40)37-13-10-22-7-8-26(32(33,34)35)16-25(22)19-37)12-9-27(17-31)36-14-11-28(21(3)18-36)23-5-4-6-24(15-23)29(38)39/h4-8,15-16,20-21,27-28H,9-14,17-19H2,1-3H3,(H,38,39)/t21?,27?,28?,31-/m0/s1. The van der Waals surface area contributed by atoms with Gasteiger partial charge in [-0.1, -0.05) is 39.0 Å². The summed E-state index contributed by atoms with van der Waals surface area (Å²) in [6.45, 7) is 8.99. The third-order valence-electron chi connectivity index (χ3n) is 9.90. The first-order chi connectivity index (χ1) is 18.9. The van der Waals surface area contributed by atoms with E-state index >= 15 is 0 Å². The molecule has 5 nitrogen and oxygen atoms in total. The van der Waals surface area contributed by atoms with Crippen LogP contribution in [0.5, 0.6) is 0 Å². The lowest BCUT2D eigenvalue weighted by molar-refractivity contribution is -0.146. The molecule has 3 aliphatic rings. The number of carbonyl (C=O) groups excluding carboxylic acids is 1. The molecule has 1 amide bonds. The summed E-state index contributed by atoms with van der Waals surface area (Å²) in [4.78, 5) is 29.9. The van der Waals surface area contributed by atoms with Gasteiger partial charge in [0.15, 0.2) is 0 Å². The number of hydrogen-bond donors (Lipinski definition) is 1. The molecule has 8 heteroatoms. The number of halogens is 3. The SMILES string of the molecule is CC1CN(C2CC[C@@](C(=O)N3CCc4ccc(C(F)(F)F)cc4C3)(C(C)C)C2)CCC1c1cccc(C(=O)O)c1. The van der Waals surface area contributed by atoms with Gasteiger partial charge in [0, 0.05) is 25.7 Å². The van der Waals surface area contributed by atoms with Crippen molar-refractivity contribution in [2.45, 2.75) is 77.6 Å². The highest BCUT2D eigenvalue weighted by molar-refractivity contribution is 5.87. The molecule has 2 aliphatic heterocycles. The van der Waals surface area contributed by atoms with Crippen molar-refractivity contribution in [3.8, 4) is 0 Å². The van der Waals surface area contributed by atoms with Gasteiger partial charge < -0.3 is 14.9 Å². The Labute approximate surface area is 234 Å². The molecule has 5 rings (SSSR count). The van der Waals surface area contributed by atoms with Crippen molar-refractivity contribution in [1.29, 1.82) is 0 Å². The van der Waals surface area contributed by atoms with Crippen LogP contribution in [0.2, 0.25) is 0 Å². The lowest BCUT2D eigenvalue weighted by Crippen LogP contribution is -2.49. The number of likely N-dealkylation sites (tertiary alicyclic amines) is 1. The van der Waals surface area contributed by atoms with Crippen molar-refractivity contribution in [2.75, 3.05) is 19.6 Å². The highest BCUT2D eigenvalue weighted by atomic mass is 19.4. The Hall–Kier alpha value is -2.87. The fourth-order valence-corrected chi connectivity index (χ4v) is 7.45. The zero-order valence-electron chi connectivity index (χ0n) is 23.5. The van der Waals surface area contributed by atoms with Crippen LogP contribution in [0, 0.1) is 17.3 Å². The summed E-state index contributed by atoms with van der Waals surface area (Å²) in [6, 6.07) is 11.5. The van der Waals surface area contributed by atoms with Crippen LogP contribution in [-0.4, -0.2) is 52.5 Å². The summed E-state index contributed by atoms with van der Waals surface area (Å²) in [5.41, 5.74) is 1.71. The fraction of sp³-hybridized carbons (Fsp3) is 0.562. The van der Waals surface area contributed by atoms with Crippen LogP contribution in [0.3, 0.4) is 0 Å². The van der Waals surface area contributed by atoms with E-state index in [0.717, 1.165) is 56.0 Å². The molecular formula is C32H39F3N2O3. The van der Waals surface area contributed by atoms with Crippen molar-refractivity contribution in [3.63, 3.8) is 0 Å². The highest BCUT2D eigenvalue weighted by Gasteiger charge is 2.51. The number of carboxylic acid groups (broad SMARTS) is 1. The fourth-order valence-electron chi connectivity index (χ4n) is 7.45. The van der Waals surface area contributed by atoms with E-state index in [0.29, 0.717) is 35.9 Å². The number of amides is 1. The first kappa shape index (κ1) is 28.7. The Kier molecular flexibility index (Phi) is 7.77. The van der Waals surface area contributed by atoms with E-state index in [1.807, 2.05) is 12.1 Å². The van der Waals surface area contributed by atoms with Crippen molar-refractivity contribution < 1.29 is 27.9 Å². The molecule has 1 saturated carbocycles. The molecule has 3 unspecified atom stereocenters. The summed E-state index contributed by atoms with van der Waals surface area (Å²) >= 11 is 0. The number of fused-ring (bicyclic) bond motifs is 1. The predicted octanol–water partition coefficient (Wildman–Crippen LogP) is 6.61. The zero-order chi connectivity index (χ0) is 28.8. The molecule has 216 valence electrons. The molecule has 40 heavy (non-hydrogen) atoms. The number of carbonyl (C=O) groups is 2. The second-order valence-electron chi connectivity index (χ2n) is 12.5. The Morgan fingerprint density at radius 1 is 1.05 bits per heavy atom. The van der Waals surface area contributed by atoms with Gasteiger partial charge in [-0.15, -0.1) is 0 Å². The summed E-state index contributed by atoms with van der Waals surface area (Å²) < 4.78 is 40.0. The van der Waals surface area contributed by atoms with Crippen LogP contribution in [-0.2, 0) is 23.9 Å². The molecule has 2 fully saturated rings. The molecule has 0 spiro atoms. The molecule has 2 aromatic carbocycles. The highest BCUT2D eigenvalue weighted by Crippen LogP contribution is 2.49. The van der Waals surface area contributed by atoms with Crippen molar-refractivity contribution in [1.82, 2.24) is 9.80 Å². The predicted molar refractivity (Wildman–Crippen MR) is 147 cm³/mol. The Balaban J connectivity index is 1.28. The van der Waals surface area contributed by atoms with Gasteiger partial charge >= 0.3 is 12.1 Å². The van der Waals surface area contributed by atoms with Gasteiger partial charge in [-0.2, -0.15) is 13.2 Å². The maximum atomic E-state index is 14.1. The quantitative estimate of drug-likeness (QED) is 0.450. The molecule has 1 saturated heterocycles. The molecule has 1 aliphatic carbocycles. The van der Waals surface area contributed by atoms with Crippen molar-refractivity contribution >= 4 is 11.9 Å². The van der Waals surface area contributed by atoms with Crippen LogP contribution in [0.25, 0.3) is 0 Å². The van der Waals surface area contributed by atoms with Crippen molar-refractivity contribution in [2.24, 2.45) is 17.3 Å². The van der Waals surface area contributed by atoms with Gasteiger partial charge in [0.2, 0.25) is 5.91 Å². The lowest BCUT2D eigenvalue weighted by Gasteiger charge is -2.42. The van der Waals surface area contributed by atoms with E-state index in [9.17, 15) is 27.9 Å². The molecular weight excluding hydrogens is 517 g/mol. The van der Waals surface area contributed by atoms with Gasteiger partial charge in [-0.3, -0.25) is 4.79 Å². The number of aromatic carboxylic acids is 1. The number of benzene rings is 2. The van der Waals surface area contributed by atoms with Crippen LogP contribution in [0.4, 0.5) is 13.2 Å². The van der Waals surface area contributed by atoms with Crippen molar-refractivity contribution in [3.05, 3.63) is 70.3 Å². The summed E-state index contributed by atoms with van der Waals surface area (Å²) in [5.74, 6) is -0.0545. The van der Waals surface area contributed by atoms with E-state index in [4.69, 9.17) is 0 Å². The third-order valence-corrected chi connectivity index (χ3v) is 9.90. The number of hydrogen-bond acceptors (Lipinski definition) is 3. The molecule has 0 aromatic heterocycles. The Morgan fingerprint density at radius 3 is 2.50 bits per heavy atom. The maximum absolute atomic E-state index is 14.1. The number of alkyl halides is 3. The topological polar surface area (TPSA) is 60.9 Å². The number of nitrogens with zero attached hydrogens (tertiary/aromatic N) is 2. The van der Waals surface area contributed by atoms with Crippen LogP contribution >= 0.6 is 0 Å². The van der Waals surface area contributed by atoms with Crippen LogP contribution in [0.1, 0.15) is 85.0 Å². The molecule has 0 radical (unpaired) electrons. The average Bonchev–Trinajstić information content (AvgIpc) is 3.38. The number of carboxylic acids is 1. The van der Waals surface area contributed by atoms with Gasteiger partial charge in [0.1, 0.15) is 0 Å². The van der Waals surface area contributed by atoms with E-state index in [-0.39, 0.29) is 24.4 Å². The summed E-state index contributed by atoms with van der Waals surface area (Å²) in [6.07, 6.45) is -0.406. The van der Waals surface area contributed by atoms with Crippen LogP contribution < -0.4 is 0 Å². The normalized spacial score (nSPS) is 27.6. The minimum Gasteiger partial charge on any atom is -0.478 e. The average molecular weight is 557 g/mol. The first-order valence-electron chi connectivity index (χ1n) is 14.4. The smallest absolute Gasteiger partial charge is 0.416 e. The molecule has 2 aromatic rings. The zero-order valence-corrected chi connectivity index (χ0v) is 23.5. The monoisotopic (exact) mass is 556 g/mol. The number of rotatable bonds is 5. The first-order valence-corrected chi connectivity index (χ1v) is 14.4. The summed E-state index contributed by atoms with van der Waals surface area (Å²) in [5, 5.41) is 9.40. The summed E-state index contributed by atoms with van der Waals surface area (Å²) in [7, 11) is 0. The van der Waals surface area contributed by atoms with Crippen LogP contribution in [0.15, 0.2) is 42.5 Å². The van der Waals surface area contributed by atoms with Gasteiger partial charge in [0.05, 0.1) is 16.5 Å². The minimum absolute atomic E-state index is 0.0847. The van der Waals surface area contributed by atoms with E-state index < -0.39 is 23.1 Å². The van der Waals surface area contributed by atoms with Gasteiger partial charge in [0.25, 0.3) is 0 Å². The van der Waals surface area contributed by atoms with E-state index in [2.05, 4.69) is 25.7 Å².